The molecule has 0 radical (unpaired) electrons. The maximum absolute atomic E-state index is 13.8. The smallest absolute Gasteiger partial charge is 0.338 e. The zero-order valence-electron chi connectivity index (χ0n) is 29.0. The normalized spacial score (nSPS) is 42.6. The van der Waals surface area contributed by atoms with Crippen LogP contribution in [0.5, 0.6) is 0 Å². The molecule has 0 N–H and O–H groups in total. The predicted octanol–water partition coefficient (Wildman–Crippen LogP) is 8.80. The van der Waals surface area contributed by atoms with Crippen LogP contribution >= 0.6 is 0 Å². The Hall–Kier alpha value is -2.37. The fourth-order valence-corrected chi connectivity index (χ4v) is 11.5. The molecule has 45 heavy (non-hydrogen) atoms. The maximum Gasteiger partial charge on any atom is 0.338 e. The van der Waals surface area contributed by atoms with Gasteiger partial charge in [0.25, 0.3) is 0 Å². The van der Waals surface area contributed by atoms with E-state index in [1.54, 1.807) is 18.2 Å². The van der Waals surface area contributed by atoms with Gasteiger partial charge in [0.1, 0.15) is 18.3 Å². The zero-order valence-corrected chi connectivity index (χ0v) is 29.0. The molecule has 0 saturated heterocycles. The van der Waals surface area contributed by atoms with Gasteiger partial charge in [0.2, 0.25) is 0 Å². The van der Waals surface area contributed by atoms with Crippen LogP contribution in [-0.2, 0) is 14.2 Å². The molecule has 6 saturated carbocycles. The molecule has 0 heterocycles. The molecular weight excluding hydrogens is 564 g/mol. The van der Waals surface area contributed by atoms with Crippen molar-refractivity contribution in [1.82, 2.24) is 0 Å². The van der Waals surface area contributed by atoms with Crippen molar-refractivity contribution >= 4 is 17.9 Å². The number of fused-ring (bicyclic) bond motifs is 6. The molecule has 0 aromatic heterocycles. The Morgan fingerprint density at radius 2 is 0.733 bits per heavy atom. The van der Waals surface area contributed by atoms with Crippen LogP contribution in [0.4, 0.5) is 0 Å². The van der Waals surface area contributed by atoms with Crippen molar-refractivity contribution in [2.24, 2.45) is 50.2 Å². The largest absolute Gasteiger partial charge is 0.458 e. The average molecular weight is 619 g/mol. The molecule has 6 aliphatic rings. The molecule has 3 unspecified atom stereocenters. The second-order valence-corrected chi connectivity index (χ2v) is 18.3. The topological polar surface area (TPSA) is 78.9 Å². The number of ether oxygens (including phenoxy) is 3. The van der Waals surface area contributed by atoms with Crippen LogP contribution in [0.25, 0.3) is 0 Å². The Labute approximate surface area is 269 Å². The number of benzene rings is 1. The second-order valence-electron chi connectivity index (χ2n) is 18.3. The lowest BCUT2D eigenvalue weighted by atomic mass is 9.70. The monoisotopic (exact) mass is 618 g/mol. The lowest BCUT2D eigenvalue weighted by Crippen LogP contribution is -2.39. The van der Waals surface area contributed by atoms with Gasteiger partial charge >= 0.3 is 17.9 Å². The quantitative estimate of drug-likeness (QED) is 0.234. The Morgan fingerprint density at radius 3 is 0.911 bits per heavy atom. The van der Waals surface area contributed by atoms with E-state index in [1.807, 2.05) is 0 Å². The molecule has 6 bridgehead atoms. The van der Waals surface area contributed by atoms with E-state index < -0.39 is 17.9 Å². The number of carbonyl (C=O) groups excluding carboxylic acids is 3. The van der Waals surface area contributed by atoms with Gasteiger partial charge in [0, 0.05) is 16.2 Å². The summed E-state index contributed by atoms with van der Waals surface area (Å²) in [7, 11) is 0. The fraction of sp³-hybridized carbons (Fsp3) is 0.769. The summed E-state index contributed by atoms with van der Waals surface area (Å²) in [5.41, 5.74) is 0.604. The number of rotatable bonds is 6. The molecule has 6 fully saturated rings. The number of hydrogen-bond donors (Lipinski definition) is 0. The van der Waals surface area contributed by atoms with E-state index in [0.29, 0.717) is 17.8 Å². The van der Waals surface area contributed by atoms with Gasteiger partial charge in [0.05, 0.1) is 16.7 Å². The summed E-state index contributed by atoms with van der Waals surface area (Å²) in [6.45, 7) is 20.5. The Bertz CT molecular complexity index is 1270. The number of esters is 3. The summed E-state index contributed by atoms with van der Waals surface area (Å²) in [4.78, 5) is 41.5. The van der Waals surface area contributed by atoms with Gasteiger partial charge in [-0.2, -0.15) is 0 Å². The highest BCUT2D eigenvalue weighted by Gasteiger charge is 2.65. The summed E-state index contributed by atoms with van der Waals surface area (Å²) in [5.74, 6) is 0.0866. The SMILES string of the molecule is CC1(C)[C@H]2CC[C@]1(C)C(OC(=O)c1cc(C(=O)OC3C[C@@H]4CC[C@@]3(C)C4(C)C)cc(C(=O)OC3C[C@@H]4CC[C@@]3(C)C4(C)C)c1)C2. The van der Waals surface area contributed by atoms with E-state index in [-0.39, 0.29) is 67.5 Å². The van der Waals surface area contributed by atoms with Gasteiger partial charge < -0.3 is 14.2 Å². The maximum atomic E-state index is 13.8. The highest BCUT2D eigenvalue weighted by molar-refractivity contribution is 6.00. The van der Waals surface area contributed by atoms with Crippen LogP contribution in [0, 0.1) is 50.2 Å². The van der Waals surface area contributed by atoms with Gasteiger partial charge in [0.15, 0.2) is 0 Å². The van der Waals surface area contributed by atoms with Crippen LogP contribution < -0.4 is 0 Å². The van der Waals surface area contributed by atoms with Crippen LogP contribution in [0.3, 0.4) is 0 Å². The molecule has 1 aromatic carbocycles. The molecule has 6 heteroatoms. The van der Waals surface area contributed by atoms with Crippen molar-refractivity contribution in [1.29, 1.82) is 0 Å². The minimum absolute atomic E-state index is 0.0909. The molecule has 0 amide bonds. The third kappa shape index (κ3) is 4.08. The number of carbonyl (C=O) groups is 3. The van der Waals surface area contributed by atoms with Crippen LogP contribution in [-0.4, -0.2) is 36.2 Å². The van der Waals surface area contributed by atoms with Crippen LogP contribution in [0.1, 0.15) is 151 Å². The van der Waals surface area contributed by atoms with Gasteiger partial charge in [-0.05, 0) is 110 Å². The highest BCUT2D eigenvalue weighted by atomic mass is 16.6. The second kappa shape index (κ2) is 9.60. The van der Waals surface area contributed by atoms with Crippen molar-refractivity contribution in [3.05, 3.63) is 34.9 Å². The van der Waals surface area contributed by atoms with Crippen molar-refractivity contribution in [2.75, 3.05) is 0 Å². The minimum Gasteiger partial charge on any atom is -0.458 e. The molecule has 246 valence electrons. The molecule has 1 aromatic rings. The first-order valence-electron chi connectivity index (χ1n) is 17.6. The van der Waals surface area contributed by atoms with E-state index in [1.165, 1.54) is 0 Å². The highest BCUT2D eigenvalue weighted by Crippen LogP contribution is 2.68. The molecule has 6 aliphatic carbocycles. The van der Waals surface area contributed by atoms with Crippen molar-refractivity contribution in [3.8, 4) is 0 Å². The Morgan fingerprint density at radius 1 is 0.489 bits per heavy atom. The molecule has 0 spiro atoms. The third-order valence-electron chi connectivity index (χ3n) is 16.5. The lowest BCUT2D eigenvalue weighted by Gasteiger charge is -2.38. The summed E-state index contributed by atoms with van der Waals surface area (Å²) in [6, 6.07) is 4.68. The molecule has 7 rings (SSSR count). The molecule has 0 aliphatic heterocycles. The summed E-state index contributed by atoms with van der Waals surface area (Å²) in [6.07, 6.45) is 8.51. The lowest BCUT2D eigenvalue weighted by molar-refractivity contribution is -0.0246. The Balaban J connectivity index is 1.17. The molecule has 9 atom stereocenters. The van der Waals surface area contributed by atoms with Gasteiger partial charge in [-0.25, -0.2) is 14.4 Å². The summed E-state index contributed by atoms with van der Waals surface area (Å²) in [5, 5.41) is 0. The first-order valence-corrected chi connectivity index (χ1v) is 17.6. The molecular formula is C39H54O6. The van der Waals surface area contributed by atoms with E-state index in [4.69, 9.17) is 14.2 Å². The summed E-state index contributed by atoms with van der Waals surface area (Å²) >= 11 is 0. The minimum atomic E-state index is -0.491. The van der Waals surface area contributed by atoms with E-state index in [2.05, 4.69) is 62.3 Å². The third-order valence-corrected chi connectivity index (χ3v) is 16.5. The standard InChI is InChI=1S/C39H54O6/c1-34(2)25-10-13-37(34,7)28(19-25)43-31(40)22-16-23(32(41)44-29-20-26-11-14-38(29,8)35(26,3)4)18-24(17-22)33(42)45-30-21-27-12-15-39(30,9)36(27,5)6/h16-18,25-30H,10-15,19-21H2,1-9H3/t25-,26-,27-,28?,29?,30?,37+,38+,39+/m0/s1. The van der Waals surface area contributed by atoms with Crippen LogP contribution in [0.2, 0.25) is 0 Å². The van der Waals surface area contributed by atoms with Gasteiger partial charge in [-0.1, -0.05) is 62.3 Å². The van der Waals surface area contributed by atoms with E-state index in [0.717, 1.165) is 57.8 Å². The first-order chi connectivity index (χ1) is 20.8. The summed E-state index contributed by atoms with van der Waals surface area (Å²) < 4.78 is 18.7. The van der Waals surface area contributed by atoms with E-state index >= 15 is 0 Å². The molecule has 6 nitrogen and oxygen atoms in total. The van der Waals surface area contributed by atoms with Crippen molar-refractivity contribution < 1.29 is 28.6 Å². The van der Waals surface area contributed by atoms with Crippen LogP contribution in [0.15, 0.2) is 18.2 Å². The van der Waals surface area contributed by atoms with Crippen molar-refractivity contribution in [3.63, 3.8) is 0 Å². The van der Waals surface area contributed by atoms with Gasteiger partial charge in [-0.15, -0.1) is 0 Å². The zero-order chi connectivity index (χ0) is 32.5. The Kier molecular flexibility index (Phi) is 6.66. The van der Waals surface area contributed by atoms with Crippen molar-refractivity contribution in [2.45, 2.75) is 138 Å². The number of hydrogen-bond acceptors (Lipinski definition) is 6. The predicted molar refractivity (Wildman–Crippen MR) is 172 cm³/mol. The fourth-order valence-electron chi connectivity index (χ4n) is 11.5. The van der Waals surface area contributed by atoms with E-state index in [9.17, 15) is 14.4 Å². The van der Waals surface area contributed by atoms with Gasteiger partial charge in [-0.3, -0.25) is 0 Å². The first kappa shape index (κ1) is 31.2. The average Bonchev–Trinajstić information content (AvgIpc) is 3.62.